The van der Waals surface area contributed by atoms with Crippen molar-refractivity contribution in [3.8, 4) is 0 Å². The zero-order valence-electron chi connectivity index (χ0n) is 13.6. The number of rotatable bonds is 7. The van der Waals surface area contributed by atoms with Gasteiger partial charge in [0.1, 0.15) is 0 Å². The van der Waals surface area contributed by atoms with Crippen molar-refractivity contribution in [1.29, 1.82) is 0 Å². The predicted octanol–water partition coefficient (Wildman–Crippen LogP) is 3.85. The van der Waals surface area contributed by atoms with Crippen LogP contribution in [-0.2, 0) is 11.3 Å². The second-order valence-corrected chi connectivity index (χ2v) is 6.24. The average Bonchev–Trinajstić information content (AvgIpc) is 3.12. The molecule has 1 heterocycles. The number of nitro benzene ring substituents is 1. The third kappa shape index (κ3) is 4.40. The number of hydrogen-bond donors (Lipinski definition) is 1. The highest BCUT2D eigenvalue weighted by molar-refractivity contribution is 5.34. The maximum atomic E-state index is 10.9. The highest BCUT2D eigenvalue weighted by Crippen LogP contribution is 2.27. The SMILES string of the molecule is O=[N+]([O-])c1cccc(CN[C@@H](C[C@@H]2CCOC2)c2ccccc2)c1. The van der Waals surface area contributed by atoms with Crippen molar-refractivity contribution in [3.63, 3.8) is 0 Å². The van der Waals surface area contributed by atoms with Crippen LogP contribution in [0, 0.1) is 16.0 Å². The predicted molar refractivity (Wildman–Crippen MR) is 92.7 cm³/mol. The number of benzene rings is 2. The molecule has 0 radical (unpaired) electrons. The van der Waals surface area contributed by atoms with Crippen molar-refractivity contribution < 1.29 is 9.66 Å². The fourth-order valence-electron chi connectivity index (χ4n) is 3.15. The van der Waals surface area contributed by atoms with Crippen LogP contribution in [0.2, 0.25) is 0 Å². The van der Waals surface area contributed by atoms with E-state index >= 15 is 0 Å². The highest BCUT2D eigenvalue weighted by atomic mass is 16.6. The third-order valence-electron chi connectivity index (χ3n) is 4.47. The van der Waals surface area contributed by atoms with Crippen molar-refractivity contribution in [2.45, 2.75) is 25.4 Å². The Kier molecular flexibility index (Phi) is 5.56. The largest absolute Gasteiger partial charge is 0.381 e. The Labute approximate surface area is 141 Å². The topological polar surface area (TPSA) is 64.4 Å². The first-order valence-electron chi connectivity index (χ1n) is 8.32. The minimum atomic E-state index is -0.353. The first kappa shape index (κ1) is 16.6. The molecule has 5 nitrogen and oxygen atoms in total. The molecule has 0 aromatic heterocycles. The van der Waals surface area contributed by atoms with E-state index in [1.54, 1.807) is 12.1 Å². The standard InChI is InChI=1S/C19H22N2O3/c22-21(23)18-8-4-5-15(11-18)13-20-19(12-16-9-10-24-14-16)17-6-2-1-3-7-17/h1-8,11,16,19-20H,9-10,12-14H2/t16-,19-/m0/s1. The summed E-state index contributed by atoms with van der Waals surface area (Å²) in [6.07, 6.45) is 2.11. The molecule has 1 aliphatic heterocycles. The summed E-state index contributed by atoms with van der Waals surface area (Å²) in [7, 11) is 0. The van der Waals surface area contributed by atoms with Gasteiger partial charge in [-0.15, -0.1) is 0 Å². The smallest absolute Gasteiger partial charge is 0.269 e. The number of hydrogen-bond acceptors (Lipinski definition) is 4. The van der Waals surface area contributed by atoms with Crippen molar-refractivity contribution in [2.75, 3.05) is 13.2 Å². The molecule has 3 rings (SSSR count). The molecule has 2 aromatic rings. The van der Waals surface area contributed by atoms with Crippen LogP contribution in [-0.4, -0.2) is 18.1 Å². The van der Waals surface area contributed by atoms with Gasteiger partial charge in [0.15, 0.2) is 0 Å². The van der Waals surface area contributed by atoms with Gasteiger partial charge >= 0.3 is 0 Å². The van der Waals surface area contributed by atoms with Gasteiger partial charge in [0.05, 0.1) is 4.92 Å². The lowest BCUT2D eigenvalue weighted by molar-refractivity contribution is -0.384. The zero-order valence-corrected chi connectivity index (χ0v) is 13.6. The zero-order chi connectivity index (χ0) is 16.8. The molecule has 126 valence electrons. The number of ether oxygens (including phenoxy) is 1. The fraction of sp³-hybridized carbons (Fsp3) is 0.368. The van der Waals surface area contributed by atoms with E-state index in [1.165, 1.54) is 11.6 Å². The Balaban J connectivity index is 1.69. The van der Waals surface area contributed by atoms with Gasteiger partial charge in [-0.3, -0.25) is 10.1 Å². The molecule has 0 amide bonds. The lowest BCUT2D eigenvalue weighted by Gasteiger charge is -2.22. The Morgan fingerprint density at radius 3 is 2.75 bits per heavy atom. The fourth-order valence-corrected chi connectivity index (χ4v) is 3.15. The summed E-state index contributed by atoms with van der Waals surface area (Å²) < 4.78 is 5.50. The van der Waals surface area contributed by atoms with E-state index in [-0.39, 0.29) is 16.7 Å². The van der Waals surface area contributed by atoms with Gasteiger partial charge in [0, 0.05) is 37.9 Å². The highest BCUT2D eigenvalue weighted by Gasteiger charge is 2.21. The Morgan fingerprint density at radius 1 is 1.21 bits per heavy atom. The van der Waals surface area contributed by atoms with Crippen molar-refractivity contribution in [1.82, 2.24) is 5.32 Å². The minimum absolute atomic E-state index is 0.134. The number of non-ortho nitro benzene ring substituents is 1. The van der Waals surface area contributed by atoms with Crippen molar-refractivity contribution >= 4 is 5.69 Å². The van der Waals surface area contributed by atoms with E-state index in [0.29, 0.717) is 12.5 Å². The molecule has 0 unspecified atom stereocenters. The van der Waals surface area contributed by atoms with Gasteiger partial charge in [0.2, 0.25) is 0 Å². The van der Waals surface area contributed by atoms with Crippen LogP contribution in [0.3, 0.4) is 0 Å². The van der Waals surface area contributed by atoms with Gasteiger partial charge < -0.3 is 10.1 Å². The molecule has 1 N–H and O–H groups in total. The van der Waals surface area contributed by atoms with Gasteiger partial charge in [-0.05, 0) is 29.9 Å². The van der Waals surface area contributed by atoms with E-state index < -0.39 is 0 Å². The molecule has 0 spiro atoms. The van der Waals surface area contributed by atoms with E-state index in [1.807, 2.05) is 24.3 Å². The summed E-state index contributed by atoms with van der Waals surface area (Å²) in [5, 5.41) is 14.5. The lowest BCUT2D eigenvalue weighted by Crippen LogP contribution is -2.23. The van der Waals surface area contributed by atoms with Gasteiger partial charge in [0.25, 0.3) is 5.69 Å². The number of nitro groups is 1. The van der Waals surface area contributed by atoms with E-state index in [0.717, 1.165) is 31.6 Å². The third-order valence-corrected chi connectivity index (χ3v) is 4.47. The Morgan fingerprint density at radius 2 is 2.04 bits per heavy atom. The molecule has 2 atom stereocenters. The maximum Gasteiger partial charge on any atom is 0.269 e. The molecule has 2 aromatic carbocycles. The van der Waals surface area contributed by atoms with Crippen molar-refractivity contribution in [3.05, 3.63) is 75.8 Å². The number of nitrogens with zero attached hydrogens (tertiary/aromatic N) is 1. The first-order valence-corrected chi connectivity index (χ1v) is 8.32. The van der Waals surface area contributed by atoms with Crippen LogP contribution in [0.1, 0.15) is 30.0 Å². The van der Waals surface area contributed by atoms with E-state index in [4.69, 9.17) is 4.74 Å². The summed E-state index contributed by atoms with van der Waals surface area (Å²) in [5.41, 5.74) is 2.30. The van der Waals surface area contributed by atoms with Crippen LogP contribution in [0.25, 0.3) is 0 Å². The Hall–Kier alpha value is -2.24. The molecule has 1 fully saturated rings. The minimum Gasteiger partial charge on any atom is -0.381 e. The first-order chi connectivity index (χ1) is 11.7. The van der Waals surface area contributed by atoms with Crippen LogP contribution >= 0.6 is 0 Å². The molecule has 1 aliphatic rings. The van der Waals surface area contributed by atoms with Gasteiger partial charge in [-0.2, -0.15) is 0 Å². The molecule has 0 bridgehead atoms. The summed E-state index contributed by atoms with van der Waals surface area (Å²) in [6, 6.07) is 17.4. The van der Waals surface area contributed by atoms with E-state index in [9.17, 15) is 10.1 Å². The monoisotopic (exact) mass is 326 g/mol. The lowest BCUT2D eigenvalue weighted by atomic mass is 9.94. The van der Waals surface area contributed by atoms with Crippen LogP contribution in [0.15, 0.2) is 54.6 Å². The van der Waals surface area contributed by atoms with Crippen LogP contribution in [0.4, 0.5) is 5.69 Å². The molecular weight excluding hydrogens is 304 g/mol. The summed E-state index contributed by atoms with van der Waals surface area (Å²) >= 11 is 0. The average molecular weight is 326 g/mol. The van der Waals surface area contributed by atoms with Crippen molar-refractivity contribution in [2.24, 2.45) is 5.92 Å². The molecule has 1 saturated heterocycles. The van der Waals surface area contributed by atoms with E-state index in [2.05, 4.69) is 17.4 Å². The summed E-state index contributed by atoms with van der Waals surface area (Å²) in [4.78, 5) is 10.6. The molecule has 0 aliphatic carbocycles. The number of nitrogens with one attached hydrogen (secondary N) is 1. The maximum absolute atomic E-state index is 10.9. The van der Waals surface area contributed by atoms with Crippen LogP contribution in [0.5, 0.6) is 0 Å². The summed E-state index contributed by atoms with van der Waals surface area (Å²) in [5.74, 6) is 0.563. The normalized spacial score (nSPS) is 18.4. The molecule has 24 heavy (non-hydrogen) atoms. The molecular formula is C19H22N2O3. The second kappa shape index (κ2) is 8.04. The Bertz CT molecular complexity index is 669. The quantitative estimate of drug-likeness (QED) is 0.620. The second-order valence-electron chi connectivity index (χ2n) is 6.24. The molecule has 0 saturated carbocycles. The van der Waals surface area contributed by atoms with Crippen LogP contribution < -0.4 is 5.32 Å². The van der Waals surface area contributed by atoms with Gasteiger partial charge in [-0.1, -0.05) is 42.5 Å². The summed E-state index contributed by atoms with van der Waals surface area (Å²) in [6.45, 7) is 2.27. The molecule has 5 heteroatoms. The van der Waals surface area contributed by atoms with Gasteiger partial charge in [-0.25, -0.2) is 0 Å².